The van der Waals surface area contributed by atoms with Crippen molar-refractivity contribution in [2.45, 2.75) is 11.8 Å². The van der Waals surface area contributed by atoms with Gasteiger partial charge in [-0.05, 0) is 12.1 Å². The molecule has 0 spiro atoms. The van der Waals surface area contributed by atoms with Crippen LogP contribution in [-0.4, -0.2) is 31.5 Å². The highest BCUT2D eigenvalue weighted by atomic mass is 79.9. The average Bonchev–Trinajstić information content (AvgIpc) is 2.34. The molecule has 0 heterocycles. The number of carbonyl (C=O) groups excluding carboxylic acids is 1. The third-order valence-corrected chi connectivity index (χ3v) is 2.48. The molecule has 94 valence electrons. The summed E-state index contributed by atoms with van der Waals surface area (Å²) in [6.45, 7) is 2.53. The standard InChI is InChI=1S/C12H16BrNO3/c1-8(13)7-14-12(15)9-4-10(16-2)6-11(5-9)17-3/h4-6,8H,7H2,1-3H3,(H,14,15). The number of methoxy groups -OCH3 is 2. The van der Waals surface area contributed by atoms with Gasteiger partial charge in [-0.25, -0.2) is 0 Å². The number of hydrogen-bond donors (Lipinski definition) is 1. The topological polar surface area (TPSA) is 47.6 Å². The first-order valence-corrected chi connectivity index (χ1v) is 6.13. The van der Waals surface area contributed by atoms with Gasteiger partial charge < -0.3 is 14.8 Å². The lowest BCUT2D eigenvalue weighted by molar-refractivity contribution is 0.0953. The van der Waals surface area contributed by atoms with Crippen molar-refractivity contribution < 1.29 is 14.3 Å². The van der Waals surface area contributed by atoms with Crippen LogP contribution in [-0.2, 0) is 0 Å². The van der Waals surface area contributed by atoms with E-state index in [-0.39, 0.29) is 10.7 Å². The van der Waals surface area contributed by atoms with Crippen molar-refractivity contribution in [2.24, 2.45) is 0 Å². The van der Waals surface area contributed by atoms with E-state index in [0.29, 0.717) is 23.6 Å². The van der Waals surface area contributed by atoms with E-state index in [1.807, 2.05) is 6.92 Å². The Hall–Kier alpha value is -1.23. The quantitative estimate of drug-likeness (QED) is 0.848. The predicted octanol–water partition coefficient (Wildman–Crippen LogP) is 2.22. The van der Waals surface area contributed by atoms with Crippen LogP contribution in [0.15, 0.2) is 18.2 Å². The summed E-state index contributed by atoms with van der Waals surface area (Å²) in [4.78, 5) is 12.1. The van der Waals surface area contributed by atoms with Crippen molar-refractivity contribution in [3.8, 4) is 11.5 Å². The Balaban J connectivity index is 2.84. The lowest BCUT2D eigenvalue weighted by Gasteiger charge is -2.09. The van der Waals surface area contributed by atoms with E-state index in [4.69, 9.17) is 9.47 Å². The molecule has 0 fully saturated rings. The maximum absolute atomic E-state index is 11.8. The van der Waals surface area contributed by atoms with Crippen LogP contribution in [0.5, 0.6) is 11.5 Å². The highest BCUT2D eigenvalue weighted by Gasteiger charge is 2.10. The molecule has 0 aliphatic carbocycles. The Morgan fingerprint density at radius 3 is 2.24 bits per heavy atom. The monoisotopic (exact) mass is 301 g/mol. The van der Waals surface area contributed by atoms with Gasteiger partial charge in [-0.2, -0.15) is 0 Å². The first-order valence-electron chi connectivity index (χ1n) is 5.22. The zero-order valence-electron chi connectivity index (χ0n) is 10.1. The summed E-state index contributed by atoms with van der Waals surface area (Å²) in [5.41, 5.74) is 0.523. The van der Waals surface area contributed by atoms with Crippen molar-refractivity contribution >= 4 is 21.8 Å². The van der Waals surface area contributed by atoms with E-state index in [2.05, 4.69) is 21.2 Å². The van der Waals surface area contributed by atoms with Crippen LogP contribution in [0.25, 0.3) is 0 Å². The van der Waals surface area contributed by atoms with Gasteiger partial charge in [0.25, 0.3) is 5.91 Å². The van der Waals surface area contributed by atoms with Crippen molar-refractivity contribution in [2.75, 3.05) is 20.8 Å². The average molecular weight is 302 g/mol. The Morgan fingerprint density at radius 2 is 1.82 bits per heavy atom. The molecule has 1 atom stereocenters. The number of rotatable bonds is 5. The first-order chi connectivity index (χ1) is 8.06. The minimum absolute atomic E-state index is 0.145. The van der Waals surface area contributed by atoms with E-state index in [1.54, 1.807) is 32.4 Å². The molecule has 0 aliphatic rings. The molecule has 1 amide bonds. The van der Waals surface area contributed by atoms with Crippen LogP contribution >= 0.6 is 15.9 Å². The van der Waals surface area contributed by atoms with Crippen LogP contribution in [0.1, 0.15) is 17.3 Å². The third kappa shape index (κ3) is 4.26. The Labute approximate surface area is 109 Å². The summed E-state index contributed by atoms with van der Waals surface area (Å²) in [5, 5.41) is 2.80. The maximum Gasteiger partial charge on any atom is 0.251 e. The molecule has 0 saturated carbocycles. The second-order valence-electron chi connectivity index (χ2n) is 3.59. The van der Waals surface area contributed by atoms with Crippen molar-refractivity contribution in [3.63, 3.8) is 0 Å². The minimum Gasteiger partial charge on any atom is -0.497 e. The molecule has 17 heavy (non-hydrogen) atoms. The molecule has 1 aromatic rings. The van der Waals surface area contributed by atoms with Gasteiger partial charge in [-0.1, -0.05) is 22.9 Å². The van der Waals surface area contributed by atoms with E-state index in [0.717, 1.165) is 0 Å². The molecule has 4 nitrogen and oxygen atoms in total. The molecule has 1 N–H and O–H groups in total. The van der Waals surface area contributed by atoms with Crippen LogP contribution < -0.4 is 14.8 Å². The van der Waals surface area contributed by atoms with Gasteiger partial charge in [0, 0.05) is 23.0 Å². The third-order valence-electron chi connectivity index (χ3n) is 2.16. The fraction of sp³-hybridized carbons (Fsp3) is 0.417. The summed E-state index contributed by atoms with van der Waals surface area (Å²) in [7, 11) is 3.11. The molecule has 0 aliphatic heterocycles. The summed E-state index contributed by atoms with van der Waals surface area (Å²) in [6, 6.07) is 5.08. The van der Waals surface area contributed by atoms with Crippen LogP contribution in [0.3, 0.4) is 0 Å². The number of benzene rings is 1. The summed E-state index contributed by atoms with van der Waals surface area (Å²) < 4.78 is 10.2. The Kier molecular flexibility index (Phi) is 5.28. The maximum atomic E-state index is 11.8. The number of ether oxygens (including phenoxy) is 2. The van der Waals surface area contributed by atoms with Crippen LogP contribution in [0, 0.1) is 0 Å². The lowest BCUT2D eigenvalue weighted by Crippen LogP contribution is -2.28. The molecule has 0 aromatic heterocycles. The number of carbonyl (C=O) groups is 1. The van der Waals surface area contributed by atoms with Crippen LogP contribution in [0.2, 0.25) is 0 Å². The molecular formula is C12H16BrNO3. The van der Waals surface area contributed by atoms with Crippen LogP contribution in [0.4, 0.5) is 0 Å². The molecular weight excluding hydrogens is 286 g/mol. The molecule has 1 unspecified atom stereocenters. The fourth-order valence-electron chi connectivity index (χ4n) is 1.27. The normalized spacial score (nSPS) is 11.8. The lowest BCUT2D eigenvalue weighted by atomic mass is 10.2. The first kappa shape index (κ1) is 13.8. The second kappa shape index (κ2) is 6.49. The number of hydrogen-bond acceptors (Lipinski definition) is 3. The van der Waals surface area contributed by atoms with Crippen molar-refractivity contribution in [3.05, 3.63) is 23.8 Å². The summed E-state index contributed by atoms with van der Waals surface area (Å²) in [5.74, 6) is 1.05. The molecule has 1 aromatic carbocycles. The van der Waals surface area contributed by atoms with Crippen molar-refractivity contribution in [1.29, 1.82) is 0 Å². The van der Waals surface area contributed by atoms with Gasteiger partial charge in [0.2, 0.25) is 0 Å². The van der Waals surface area contributed by atoms with Crippen molar-refractivity contribution in [1.82, 2.24) is 5.32 Å². The molecule has 1 rings (SSSR count). The highest BCUT2D eigenvalue weighted by molar-refractivity contribution is 9.09. The van der Waals surface area contributed by atoms with E-state index >= 15 is 0 Å². The zero-order chi connectivity index (χ0) is 12.8. The van der Waals surface area contributed by atoms with Gasteiger partial charge in [-0.15, -0.1) is 0 Å². The molecule has 0 radical (unpaired) electrons. The van der Waals surface area contributed by atoms with Gasteiger partial charge in [0.1, 0.15) is 11.5 Å². The van der Waals surface area contributed by atoms with E-state index in [9.17, 15) is 4.79 Å². The number of amides is 1. The molecule has 0 bridgehead atoms. The summed E-state index contributed by atoms with van der Waals surface area (Å²) >= 11 is 3.37. The van der Waals surface area contributed by atoms with Gasteiger partial charge >= 0.3 is 0 Å². The Bertz CT molecular complexity index is 371. The Morgan fingerprint density at radius 1 is 1.29 bits per heavy atom. The number of nitrogens with one attached hydrogen (secondary N) is 1. The van der Waals surface area contributed by atoms with Gasteiger partial charge in [0.15, 0.2) is 0 Å². The summed E-state index contributed by atoms with van der Waals surface area (Å²) in [6.07, 6.45) is 0. The van der Waals surface area contributed by atoms with E-state index in [1.165, 1.54) is 0 Å². The SMILES string of the molecule is COc1cc(OC)cc(C(=O)NCC(C)Br)c1. The number of halogens is 1. The van der Waals surface area contributed by atoms with E-state index < -0.39 is 0 Å². The minimum atomic E-state index is -0.145. The van der Waals surface area contributed by atoms with Gasteiger partial charge in [-0.3, -0.25) is 4.79 Å². The zero-order valence-corrected chi connectivity index (χ0v) is 11.7. The second-order valence-corrected chi connectivity index (χ2v) is 5.16. The van der Waals surface area contributed by atoms with Gasteiger partial charge in [0.05, 0.1) is 14.2 Å². The smallest absolute Gasteiger partial charge is 0.251 e. The highest BCUT2D eigenvalue weighted by Crippen LogP contribution is 2.22. The predicted molar refractivity (Wildman–Crippen MR) is 70.3 cm³/mol. The molecule has 0 saturated heterocycles. The molecule has 5 heteroatoms. The fourth-order valence-corrected chi connectivity index (χ4v) is 1.44. The number of alkyl halides is 1. The largest absolute Gasteiger partial charge is 0.497 e.